The Labute approximate surface area is 197 Å². The van der Waals surface area contributed by atoms with E-state index in [9.17, 15) is 5.26 Å². The van der Waals surface area contributed by atoms with Crippen molar-refractivity contribution in [1.29, 1.82) is 10.5 Å². The number of allylic oxidation sites excluding steroid dienone is 1. The molecule has 0 spiro atoms. The zero-order valence-corrected chi connectivity index (χ0v) is 19.2. The number of benzene rings is 2. The lowest BCUT2D eigenvalue weighted by Gasteiger charge is -2.27. The summed E-state index contributed by atoms with van der Waals surface area (Å²) in [5.41, 5.74) is 2.67. The number of alkyl halides is 1. The number of ether oxygens (including phenoxy) is 2. The average molecular weight is 469 g/mol. The Balaban J connectivity index is 1.76. The van der Waals surface area contributed by atoms with E-state index in [0.717, 1.165) is 16.8 Å². The van der Waals surface area contributed by atoms with Crippen molar-refractivity contribution in [3.8, 4) is 23.6 Å². The van der Waals surface area contributed by atoms with Crippen molar-refractivity contribution in [3.63, 3.8) is 0 Å². The molecule has 3 rings (SSSR count). The third-order valence-electron chi connectivity index (χ3n) is 5.13. The molecule has 1 heterocycles. The van der Waals surface area contributed by atoms with Crippen molar-refractivity contribution in [2.75, 3.05) is 19.1 Å². The van der Waals surface area contributed by atoms with E-state index in [2.05, 4.69) is 30.2 Å². The molecule has 1 atom stereocenters. The van der Waals surface area contributed by atoms with Crippen LogP contribution < -0.4 is 14.8 Å². The maximum atomic E-state index is 9.56. The van der Waals surface area contributed by atoms with Gasteiger partial charge in [-0.05, 0) is 41.5 Å². The molecule has 1 aliphatic heterocycles. The standard InChI is InChI=1S/C24H22Cl2N4O2/c1-24(2,18-11-16(13-27)23(21(26)12-18)31-10-8-25)17-3-5-20(6-4-17)32-15-19-7-9-29-22(14-28)30-19/h3-7,9,11-12,22,30H,8,10,15H2,1-2H3. The lowest BCUT2D eigenvalue weighted by molar-refractivity contribution is 0.339. The molecule has 1 unspecified atom stereocenters. The Bertz CT molecular complexity index is 1110. The zero-order valence-electron chi connectivity index (χ0n) is 17.7. The smallest absolute Gasteiger partial charge is 0.206 e. The van der Waals surface area contributed by atoms with Crippen molar-refractivity contribution in [3.05, 3.63) is 69.9 Å². The fourth-order valence-corrected chi connectivity index (χ4v) is 3.61. The first-order chi connectivity index (χ1) is 15.4. The maximum absolute atomic E-state index is 9.56. The molecule has 0 fully saturated rings. The van der Waals surface area contributed by atoms with E-state index in [-0.39, 0.29) is 6.61 Å². The number of halogens is 2. The van der Waals surface area contributed by atoms with Gasteiger partial charge in [0.05, 0.1) is 22.2 Å². The van der Waals surface area contributed by atoms with Crippen molar-refractivity contribution < 1.29 is 9.47 Å². The third-order valence-corrected chi connectivity index (χ3v) is 5.57. The molecule has 0 saturated carbocycles. The molecule has 1 aliphatic rings. The van der Waals surface area contributed by atoms with Gasteiger partial charge in [-0.25, -0.2) is 0 Å². The monoisotopic (exact) mass is 468 g/mol. The summed E-state index contributed by atoms with van der Waals surface area (Å²) in [6.07, 6.45) is 2.79. The minimum absolute atomic E-state index is 0.274. The summed E-state index contributed by atoms with van der Waals surface area (Å²) in [6, 6.07) is 15.6. The molecule has 1 N–H and O–H groups in total. The van der Waals surface area contributed by atoms with E-state index in [1.54, 1.807) is 18.4 Å². The Morgan fingerprint density at radius 3 is 2.53 bits per heavy atom. The van der Waals surface area contributed by atoms with Gasteiger partial charge in [-0.2, -0.15) is 10.5 Å². The van der Waals surface area contributed by atoms with Crippen LogP contribution in [0.25, 0.3) is 0 Å². The largest absolute Gasteiger partial charge is 0.489 e. The molecular formula is C24H22Cl2N4O2. The second-order valence-electron chi connectivity index (χ2n) is 7.59. The molecule has 0 aromatic heterocycles. The van der Waals surface area contributed by atoms with E-state index in [0.29, 0.717) is 34.6 Å². The quantitative estimate of drug-likeness (QED) is 0.553. The van der Waals surface area contributed by atoms with Crippen LogP contribution in [0.15, 0.2) is 53.2 Å². The van der Waals surface area contributed by atoms with Gasteiger partial charge in [0.1, 0.15) is 31.1 Å². The summed E-state index contributed by atoms with van der Waals surface area (Å²) in [5, 5.41) is 21.9. The van der Waals surface area contributed by atoms with E-state index in [4.69, 9.17) is 37.9 Å². The number of hydrogen-bond acceptors (Lipinski definition) is 6. The Kier molecular flexibility index (Phi) is 7.64. The molecule has 0 saturated heterocycles. The predicted molar refractivity (Wildman–Crippen MR) is 126 cm³/mol. The topological polar surface area (TPSA) is 90.4 Å². The van der Waals surface area contributed by atoms with Crippen LogP contribution >= 0.6 is 23.2 Å². The third kappa shape index (κ3) is 5.34. The van der Waals surface area contributed by atoms with E-state index >= 15 is 0 Å². The molecule has 2 aromatic carbocycles. The molecule has 164 valence electrons. The lowest BCUT2D eigenvalue weighted by atomic mass is 9.77. The molecular weight excluding hydrogens is 447 g/mol. The number of aliphatic imine (C=N–C) groups is 1. The highest BCUT2D eigenvalue weighted by Gasteiger charge is 2.26. The van der Waals surface area contributed by atoms with Crippen molar-refractivity contribution >= 4 is 29.4 Å². The minimum Gasteiger partial charge on any atom is -0.489 e. The highest BCUT2D eigenvalue weighted by atomic mass is 35.5. The van der Waals surface area contributed by atoms with Crippen LogP contribution in [0, 0.1) is 22.7 Å². The van der Waals surface area contributed by atoms with Crippen molar-refractivity contribution in [2.24, 2.45) is 4.99 Å². The first kappa shape index (κ1) is 23.5. The predicted octanol–water partition coefficient (Wildman–Crippen LogP) is 4.94. The molecule has 0 aliphatic carbocycles. The minimum atomic E-state index is -0.585. The number of nitriles is 2. The van der Waals surface area contributed by atoms with Crippen LogP contribution in [0.5, 0.6) is 11.5 Å². The average Bonchev–Trinajstić information content (AvgIpc) is 2.81. The van der Waals surface area contributed by atoms with Gasteiger partial charge < -0.3 is 14.8 Å². The van der Waals surface area contributed by atoms with E-state index < -0.39 is 11.6 Å². The number of hydrogen-bond donors (Lipinski definition) is 1. The molecule has 2 aromatic rings. The van der Waals surface area contributed by atoms with Gasteiger partial charge in [0.25, 0.3) is 0 Å². The first-order valence-electron chi connectivity index (χ1n) is 9.93. The number of rotatable bonds is 8. The van der Waals surface area contributed by atoms with Gasteiger partial charge in [-0.15, -0.1) is 11.6 Å². The van der Waals surface area contributed by atoms with Crippen LogP contribution in [0.1, 0.15) is 30.5 Å². The SMILES string of the molecule is CC(C)(c1ccc(OCC2=CC=NC(C#N)N2)cc1)c1cc(Cl)c(OCCCl)c(C#N)c1. The summed E-state index contributed by atoms with van der Waals surface area (Å²) in [4.78, 5) is 3.99. The van der Waals surface area contributed by atoms with E-state index in [1.807, 2.05) is 36.4 Å². The van der Waals surface area contributed by atoms with Gasteiger partial charge in [0.15, 0.2) is 5.75 Å². The Morgan fingerprint density at radius 1 is 1.12 bits per heavy atom. The lowest BCUT2D eigenvalue weighted by Crippen LogP contribution is -2.30. The van der Waals surface area contributed by atoms with Crippen molar-refractivity contribution in [2.45, 2.75) is 25.4 Å². The van der Waals surface area contributed by atoms with Crippen LogP contribution in [0.2, 0.25) is 5.02 Å². The van der Waals surface area contributed by atoms with Gasteiger partial charge in [0.2, 0.25) is 6.17 Å². The molecule has 8 heteroatoms. The fourth-order valence-electron chi connectivity index (χ4n) is 3.26. The number of nitrogens with zero attached hydrogens (tertiary/aromatic N) is 3. The van der Waals surface area contributed by atoms with Crippen LogP contribution in [0.3, 0.4) is 0 Å². The van der Waals surface area contributed by atoms with Crippen LogP contribution in [-0.4, -0.2) is 31.5 Å². The molecule has 6 nitrogen and oxygen atoms in total. The highest BCUT2D eigenvalue weighted by Crippen LogP contribution is 2.38. The summed E-state index contributed by atoms with van der Waals surface area (Å²) in [6.45, 7) is 4.70. The Hall–Kier alpha value is -3.19. The van der Waals surface area contributed by atoms with Gasteiger partial charge in [0, 0.05) is 11.6 Å². The van der Waals surface area contributed by atoms with E-state index in [1.165, 1.54) is 0 Å². The molecule has 0 amide bonds. The first-order valence-corrected chi connectivity index (χ1v) is 10.8. The Morgan fingerprint density at radius 2 is 1.88 bits per heavy atom. The van der Waals surface area contributed by atoms with Crippen molar-refractivity contribution in [1.82, 2.24) is 5.32 Å². The van der Waals surface area contributed by atoms with Crippen LogP contribution in [0.4, 0.5) is 0 Å². The fraction of sp³-hybridized carbons (Fsp3) is 0.292. The summed E-state index contributed by atoms with van der Waals surface area (Å²) >= 11 is 12.1. The number of nitrogens with one attached hydrogen (secondary N) is 1. The zero-order chi connectivity index (χ0) is 23.1. The van der Waals surface area contributed by atoms with Gasteiger partial charge in [-0.3, -0.25) is 4.99 Å². The normalized spacial score (nSPS) is 15.2. The highest BCUT2D eigenvalue weighted by molar-refractivity contribution is 6.32. The molecule has 32 heavy (non-hydrogen) atoms. The van der Waals surface area contributed by atoms with Crippen LogP contribution in [-0.2, 0) is 5.41 Å². The van der Waals surface area contributed by atoms with Gasteiger partial charge >= 0.3 is 0 Å². The van der Waals surface area contributed by atoms with Gasteiger partial charge in [-0.1, -0.05) is 37.6 Å². The summed E-state index contributed by atoms with van der Waals surface area (Å²) in [5.74, 6) is 1.36. The maximum Gasteiger partial charge on any atom is 0.206 e. The molecule has 0 radical (unpaired) electrons. The second kappa shape index (κ2) is 10.4. The molecule has 0 bridgehead atoms. The second-order valence-corrected chi connectivity index (χ2v) is 8.37. The summed E-state index contributed by atoms with van der Waals surface area (Å²) in [7, 11) is 0. The summed E-state index contributed by atoms with van der Waals surface area (Å²) < 4.78 is 11.4.